The van der Waals surface area contributed by atoms with Gasteiger partial charge in [0.2, 0.25) is 0 Å². The molecule has 1 aromatic carbocycles. The van der Waals surface area contributed by atoms with E-state index in [2.05, 4.69) is 10.3 Å². The van der Waals surface area contributed by atoms with Crippen LogP contribution in [-0.2, 0) is 0 Å². The summed E-state index contributed by atoms with van der Waals surface area (Å²) in [5.41, 5.74) is 1.41. The minimum absolute atomic E-state index is 0.0418. The SMILES string of the molecule is O=C(c1ccnc(Cl)c1)N1CCC[C@@H](Nc2ccc(F)cc2)C1. The van der Waals surface area contributed by atoms with Gasteiger partial charge in [-0.3, -0.25) is 4.79 Å². The summed E-state index contributed by atoms with van der Waals surface area (Å²) in [4.78, 5) is 18.3. The second-order valence-corrected chi connectivity index (χ2v) is 6.00. The highest BCUT2D eigenvalue weighted by Crippen LogP contribution is 2.19. The smallest absolute Gasteiger partial charge is 0.254 e. The van der Waals surface area contributed by atoms with E-state index in [0.29, 0.717) is 17.3 Å². The Labute approximate surface area is 139 Å². The highest BCUT2D eigenvalue weighted by molar-refractivity contribution is 6.29. The number of carbonyl (C=O) groups excluding carboxylic acids is 1. The highest BCUT2D eigenvalue weighted by atomic mass is 35.5. The predicted octanol–water partition coefficient (Wildman–Crippen LogP) is 3.59. The number of hydrogen-bond acceptors (Lipinski definition) is 3. The number of piperidine rings is 1. The third-order valence-electron chi connectivity index (χ3n) is 3.90. The number of likely N-dealkylation sites (tertiary alicyclic amines) is 1. The Kier molecular flexibility index (Phi) is 4.76. The third kappa shape index (κ3) is 3.99. The Bertz CT molecular complexity index is 692. The minimum Gasteiger partial charge on any atom is -0.381 e. The number of pyridine rings is 1. The van der Waals surface area contributed by atoms with Crippen molar-refractivity contribution in [2.24, 2.45) is 0 Å². The van der Waals surface area contributed by atoms with Gasteiger partial charge in [0.1, 0.15) is 11.0 Å². The molecule has 1 amide bonds. The molecule has 1 aliphatic rings. The van der Waals surface area contributed by atoms with Crippen LogP contribution in [0.2, 0.25) is 5.15 Å². The molecule has 1 aliphatic heterocycles. The normalized spacial score (nSPS) is 17.8. The predicted molar refractivity (Wildman–Crippen MR) is 88.2 cm³/mol. The first-order chi connectivity index (χ1) is 11.1. The average molecular weight is 334 g/mol. The van der Waals surface area contributed by atoms with Crippen LogP contribution in [-0.4, -0.2) is 34.9 Å². The molecule has 0 radical (unpaired) electrons. The second-order valence-electron chi connectivity index (χ2n) is 5.61. The number of anilines is 1. The van der Waals surface area contributed by atoms with Crippen molar-refractivity contribution in [1.82, 2.24) is 9.88 Å². The first-order valence-electron chi connectivity index (χ1n) is 7.55. The van der Waals surface area contributed by atoms with Crippen LogP contribution in [0.1, 0.15) is 23.2 Å². The van der Waals surface area contributed by atoms with Gasteiger partial charge in [-0.2, -0.15) is 0 Å². The number of nitrogens with one attached hydrogen (secondary N) is 1. The van der Waals surface area contributed by atoms with Gasteiger partial charge in [0.25, 0.3) is 5.91 Å². The van der Waals surface area contributed by atoms with Crippen LogP contribution in [0.5, 0.6) is 0 Å². The Balaban J connectivity index is 1.66. The Morgan fingerprint density at radius 3 is 2.83 bits per heavy atom. The number of hydrogen-bond donors (Lipinski definition) is 1. The van der Waals surface area contributed by atoms with Gasteiger partial charge in [0, 0.05) is 36.6 Å². The number of rotatable bonds is 3. The lowest BCUT2D eigenvalue weighted by atomic mass is 10.0. The maximum absolute atomic E-state index is 13.0. The molecule has 4 nitrogen and oxygen atoms in total. The van der Waals surface area contributed by atoms with Crippen molar-refractivity contribution in [2.75, 3.05) is 18.4 Å². The molecule has 2 aromatic rings. The van der Waals surface area contributed by atoms with Crippen molar-refractivity contribution in [1.29, 1.82) is 0 Å². The van der Waals surface area contributed by atoms with Crippen molar-refractivity contribution in [3.05, 3.63) is 59.1 Å². The molecule has 0 aliphatic carbocycles. The first kappa shape index (κ1) is 15.7. The van der Waals surface area contributed by atoms with E-state index in [0.717, 1.165) is 25.1 Å². The van der Waals surface area contributed by atoms with Gasteiger partial charge >= 0.3 is 0 Å². The number of benzene rings is 1. The maximum atomic E-state index is 13.0. The van der Waals surface area contributed by atoms with E-state index in [1.807, 2.05) is 4.90 Å². The third-order valence-corrected chi connectivity index (χ3v) is 4.10. The standard InChI is InChI=1S/C17H17ClFN3O/c18-16-10-12(7-8-20-16)17(23)22-9-1-2-15(11-22)21-14-5-3-13(19)4-6-14/h3-8,10,15,21H,1-2,9,11H2/t15-/m1/s1. The molecule has 1 N–H and O–H groups in total. The second kappa shape index (κ2) is 6.96. The van der Waals surface area contributed by atoms with Gasteiger partial charge < -0.3 is 10.2 Å². The summed E-state index contributed by atoms with van der Waals surface area (Å²) in [6.07, 6.45) is 3.43. The quantitative estimate of drug-likeness (QED) is 0.873. The Morgan fingerprint density at radius 2 is 2.09 bits per heavy atom. The summed E-state index contributed by atoms with van der Waals surface area (Å²) < 4.78 is 13.0. The summed E-state index contributed by atoms with van der Waals surface area (Å²) in [6, 6.07) is 9.67. The van der Waals surface area contributed by atoms with E-state index in [4.69, 9.17) is 11.6 Å². The van der Waals surface area contributed by atoms with E-state index in [-0.39, 0.29) is 17.8 Å². The summed E-state index contributed by atoms with van der Waals surface area (Å²) in [5, 5.41) is 3.67. The fourth-order valence-corrected chi connectivity index (χ4v) is 2.95. The molecular formula is C17H17ClFN3O. The van der Waals surface area contributed by atoms with Gasteiger partial charge in [-0.05, 0) is 49.2 Å². The van der Waals surface area contributed by atoms with E-state index in [1.54, 1.807) is 24.3 Å². The Morgan fingerprint density at radius 1 is 1.30 bits per heavy atom. The lowest BCUT2D eigenvalue weighted by molar-refractivity contribution is 0.0714. The van der Waals surface area contributed by atoms with Crippen LogP contribution in [0.4, 0.5) is 10.1 Å². The number of carbonyl (C=O) groups is 1. The molecule has 2 heterocycles. The van der Waals surface area contributed by atoms with Crippen LogP contribution in [0.3, 0.4) is 0 Å². The van der Waals surface area contributed by atoms with Crippen LogP contribution in [0.15, 0.2) is 42.6 Å². The van der Waals surface area contributed by atoms with Crippen molar-refractivity contribution in [2.45, 2.75) is 18.9 Å². The van der Waals surface area contributed by atoms with Gasteiger partial charge in [-0.25, -0.2) is 9.37 Å². The zero-order chi connectivity index (χ0) is 16.2. The molecule has 23 heavy (non-hydrogen) atoms. The van der Waals surface area contributed by atoms with Crippen LogP contribution >= 0.6 is 11.6 Å². The summed E-state index contributed by atoms with van der Waals surface area (Å²) in [7, 11) is 0. The molecule has 1 saturated heterocycles. The summed E-state index contributed by atoms with van der Waals surface area (Å²) in [6.45, 7) is 1.33. The Hall–Kier alpha value is -2.14. The number of nitrogens with zero attached hydrogens (tertiary/aromatic N) is 2. The van der Waals surface area contributed by atoms with Crippen LogP contribution in [0, 0.1) is 5.82 Å². The molecule has 1 fully saturated rings. The van der Waals surface area contributed by atoms with Gasteiger partial charge in [0.15, 0.2) is 0 Å². The first-order valence-corrected chi connectivity index (χ1v) is 7.92. The van der Waals surface area contributed by atoms with Gasteiger partial charge in [0.05, 0.1) is 0 Å². The van der Waals surface area contributed by atoms with E-state index in [1.165, 1.54) is 18.3 Å². The van der Waals surface area contributed by atoms with Crippen molar-refractivity contribution >= 4 is 23.2 Å². The van der Waals surface area contributed by atoms with Crippen molar-refractivity contribution in [3.8, 4) is 0 Å². The van der Waals surface area contributed by atoms with Crippen LogP contribution < -0.4 is 5.32 Å². The zero-order valence-corrected chi connectivity index (χ0v) is 13.3. The fraction of sp³-hybridized carbons (Fsp3) is 0.294. The number of aromatic nitrogens is 1. The van der Waals surface area contributed by atoms with Crippen LogP contribution in [0.25, 0.3) is 0 Å². The molecule has 0 unspecified atom stereocenters. The zero-order valence-electron chi connectivity index (χ0n) is 12.5. The summed E-state index contributed by atoms with van der Waals surface area (Å²) >= 11 is 5.85. The molecule has 1 atom stereocenters. The topological polar surface area (TPSA) is 45.2 Å². The summed E-state index contributed by atoms with van der Waals surface area (Å²) in [5.74, 6) is -0.300. The van der Waals surface area contributed by atoms with E-state index in [9.17, 15) is 9.18 Å². The highest BCUT2D eigenvalue weighted by Gasteiger charge is 2.24. The van der Waals surface area contributed by atoms with Gasteiger partial charge in [-0.1, -0.05) is 11.6 Å². The molecule has 1 aromatic heterocycles. The molecule has 6 heteroatoms. The van der Waals surface area contributed by atoms with Crippen molar-refractivity contribution < 1.29 is 9.18 Å². The average Bonchev–Trinajstić information content (AvgIpc) is 2.56. The molecular weight excluding hydrogens is 317 g/mol. The largest absolute Gasteiger partial charge is 0.381 e. The lowest BCUT2D eigenvalue weighted by Gasteiger charge is -2.33. The molecule has 120 valence electrons. The van der Waals surface area contributed by atoms with E-state index >= 15 is 0 Å². The van der Waals surface area contributed by atoms with Crippen molar-refractivity contribution in [3.63, 3.8) is 0 Å². The monoisotopic (exact) mass is 333 g/mol. The molecule has 0 spiro atoms. The minimum atomic E-state index is -0.259. The van der Waals surface area contributed by atoms with E-state index < -0.39 is 0 Å². The lowest BCUT2D eigenvalue weighted by Crippen LogP contribution is -2.45. The van der Waals surface area contributed by atoms with Gasteiger partial charge in [-0.15, -0.1) is 0 Å². The fourth-order valence-electron chi connectivity index (χ4n) is 2.78. The number of halogens is 2. The maximum Gasteiger partial charge on any atom is 0.254 e. The molecule has 0 saturated carbocycles. The molecule has 3 rings (SSSR count). The molecule has 0 bridgehead atoms. The number of amides is 1.